The summed E-state index contributed by atoms with van der Waals surface area (Å²) >= 11 is 0. The summed E-state index contributed by atoms with van der Waals surface area (Å²) in [6.07, 6.45) is 0. The number of rotatable bonds is 1. The lowest BCUT2D eigenvalue weighted by Crippen LogP contribution is -2.17. The summed E-state index contributed by atoms with van der Waals surface area (Å²) in [6, 6.07) is 0. The van der Waals surface area contributed by atoms with E-state index >= 15 is 0 Å². The lowest BCUT2D eigenvalue weighted by atomic mass is 10.3. The van der Waals surface area contributed by atoms with Crippen molar-refractivity contribution in [2.75, 3.05) is 17.3 Å². The summed E-state index contributed by atoms with van der Waals surface area (Å²) in [5, 5.41) is 0. The molecule has 1 aliphatic rings. The van der Waals surface area contributed by atoms with E-state index in [1.807, 2.05) is 0 Å². The first kappa shape index (κ1) is 7.46. The summed E-state index contributed by atoms with van der Waals surface area (Å²) in [5.74, 6) is 4.55. The highest BCUT2D eigenvalue weighted by Gasteiger charge is 2.44. The highest BCUT2D eigenvalue weighted by molar-refractivity contribution is 8.40. The van der Waals surface area contributed by atoms with Crippen LogP contribution in [-0.4, -0.2) is 22.0 Å². The van der Waals surface area contributed by atoms with E-state index in [0.717, 1.165) is 0 Å². The zero-order valence-electron chi connectivity index (χ0n) is 7.03. The minimum absolute atomic E-state index is 0.0856. The highest BCUT2D eigenvalue weighted by Crippen LogP contribution is 2.69. The monoisotopic (exact) mass is 146 g/mol. The van der Waals surface area contributed by atoms with E-state index in [1.165, 1.54) is 5.75 Å². The van der Waals surface area contributed by atoms with Crippen LogP contribution in [0.5, 0.6) is 0 Å². The lowest BCUT2D eigenvalue weighted by molar-refractivity contribution is 0.793. The predicted octanol–water partition coefficient (Wildman–Crippen LogP) is 2.62. The molecule has 0 atom stereocenters. The first-order valence-electron chi connectivity index (χ1n) is 3.78. The Bertz CT molecular complexity index is 106. The molecule has 1 fully saturated rings. The van der Waals surface area contributed by atoms with Crippen LogP contribution in [0, 0.1) is 0 Å². The van der Waals surface area contributed by atoms with Crippen molar-refractivity contribution in [2.45, 2.75) is 32.4 Å². The van der Waals surface area contributed by atoms with E-state index in [2.05, 4.69) is 27.7 Å². The molecule has 0 aliphatic carbocycles. The zero-order chi connectivity index (χ0) is 7.12. The third-order valence-electron chi connectivity index (χ3n) is 2.55. The quantitative estimate of drug-likeness (QED) is 0.499. The summed E-state index contributed by atoms with van der Waals surface area (Å²) in [7, 11) is -0.0856. The van der Waals surface area contributed by atoms with Crippen LogP contribution in [0.2, 0.25) is 0 Å². The Hall–Kier alpha value is 0.350. The van der Waals surface area contributed by atoms with E-state index in [9.17, 15) is 0 Å². The van der Waals surface area contributed by atoms with Gasteiger partial charge in [0.2, 0.25) is 0 Å². The maximum atomic E-state index is 2.40. The Morgan fingerprint density at radius 2 is 1.67 bits per heavy atom. The van der Waals surface area contributed by atoms with Gasteiger partial charge in [-0.25, -0.2) is 10.0 Å². The fourth-order valence-corrected chi connectivity index (χ4v) is 4.91. The smallest absolute Gasteiger partial charge is 0.00817 e. The fourth-order valence-electron chi connectivity index (χ4n) is 1.43. The van der Waals surface area contributed by atoms with Crippen LogP contribution in [0.15, 0.2) is 0 Å². The van der Waals surface area contributed by atoms with Crippen LogP contribution in [0.25, 0.3) is 0 Å². The molecule has 1 rings (SSSR count). The molecule has 0 aromatic rings. The van der Waals surface area contributed by atoms with E-state index in [0.29, 0.717) is 4.75 Å². The third-order valence-corrected chi connectivity index (χ3v) is 7.65. The molecule has 1 heteroatoms. The molecule has 1 saturated heterocycles. The van der Waals surface area contributed by atoms with Gasteiger partial charge in [0.1, 0.15) is 0 Å². The number of hydrogen-bond donors (Lipinski definition) is 0. The summed E-state index contributed by atoms with van der Waals surface area (Å²) in [4.78, 5) is 0. The minimum atomic E-state index is -0.0856. The van der Waals surface area contributed by atoms with Crippen LogP contribution in [0.3, 0.4) is 0 Å². The molecular formula is C8H18S. The second kappa shape index (κ2) is 1.91. The molecule has 9 heavy (non-hydrogen) atoms. The van der Waals surface area contributed by atoms with Crippen LogP contribution < -0.4 is 0 Å². The van der Waals surface area contributed by atoms with Gasteiger partial charge in [-0.2, -0.15) is 0 Å². The second-order valence-electron chi connectivity index (χ2n) is 3.85. The van der Waals surface area contributed by atoms with E-state index in [-0.39, 0.29) is 10.0 Å². The zero-order valence-corrected chi connectivity index (χ0v) is 7.85. The van der Waals surface area contributed by atoms with Crippen molar-refractivity contribution in [2.24, 2.45) is 0 Å². The van der Waals surface area contributed by atoms with Crippen molar-refractivity contribution < 1.29 is 0 Å². The standard InChI is InChI=1S/C8H18S/c1-5-9(6-7-9)8(2,3)4/h5-7H2,1-4H3. The first-order chi connectivity index (χ1) is 4.02. The third kappa shape index (κ3) is 1.12. The summed E-state index contributed by atoms with van der Waals surface area (Å²) < 4.78 is 0.641. The molecule has 56 valence electrons. The van der Waals surface area contributed by atoms with Crippen LogP contribution in [0.1, 0.15) is 27.7 Å². The molecule has 0 bridgehead atoms. The molecule has 0 unspecified atom stereocenters. The maximum Gasteiger partial charge on any atom is -0.00817 e. The molecule has 0 aromatic heterocycles. The van der Waals surface area contributed by atoms with Crippen LogP contribution in [-0.2, 0) is 0 Å². The Kier molecular flexibility index (Phi) is 1.59. The molecule has 1 aliphatic heterocycles. The van der Waals surface area contributed by atoms with Gasteiger partial charge in [0, 0.05) is 0 Å². The fraction of sp³-hybridized carbons (Fsp3) is 1.00. The molecule has 1 heterocycles. The molecule has 0 N–H and O–H groups in total. The van der Waals surface area contributed by atoms with Gasteiger partial charge in [-0.1, -0.05) is 27.7 Å². The van der Waals surface area contributed by atoms with Gasteiger partial charge in [0.15, 0.2) is 0 Å². The SMILES string of the molecule is CCS1(C(C)(C)C)CC1. The van der Waals surface area contributed by atoms with Gasteiger partial charge >= 0.3 is 0 Å². The molecular weight excluding hydrogens is 128 g/mol. The Morgan fingerprint density at radius 3 is 1.67 bits per heavy atom. The lowest BCUT2D eigenvalue weighted by Gasteiger charge is -2.34. The van der Waals surface area contributed by atoms with Gasteiger partial charge in [0.05, 0.1) is 0 Å². The Morgan fingerprint density at radius 1 is 1.22 bits per heavy atom. The van der Waals surface area contributed by atoms with Crippen LogP contribution >= 0.6 is 10.0 Å². The van der Waals surface area contributed by atoms with E-state index in [4.69, 9.17) is 0 Å². The summed E-state index contributed by atoms with van der Waals surface area (Å²) in [5.41, 5.74) is 0. The van der Waals surface area contributed by atoms with Gasteiger partial charge in [-0.15, -0.1) is 0 Å². The first-order valence-corrected chi connectivity index (χ1v) is 5.92. The minimum Gasteiger partial charge on any atom is -0.235 e. The van der Waals surface area contributed by atoms with Crippen molar-refractivity contribution in [1.29, 1.82) is 0 Å². The van der Waals surface area contributed by atoms with Gasteiger partial charge < -0.3 is 0 Å². The molecule has 0 spiro atoms. The molecule has 0 aromatic carbocycles. The Labute approximate surface area is 60.3 Å². The molecule has 0 amide bonds. The van der Waals surface area contributed by atoms with E-state index < -0.39 is 0 Å². The molecule has 0 nitrogen and oxygen atoms in total. The largest absolute Gasteiger partial charge is 0.235 e. The summed E-state index contributed by atoms with van der Waals surface area (Å²) in [6.45, 7) is 9.56. The van der Waals surface area contributed by atoms with Crippen molar-refractivity contribution >= 4 is 10.0 Å². The average Bonchev–Trinajstić information content (AvgIpc) is 2.40. The van der Waals surface area contributed by atoms with Crippen molar-refractivity contribution in [3.05, 3.63) is 0 Å². The predicted molar refractivity (Wildman–Crippen MR) is 47.6 cm³/mol. The second-order valence-corrected chi connectivity index (χ2v) is 8.56. The Balaban J connectivity index is 2.60. The van der Waals surface area contributed by atoms with E-state index in [1.54, 1.807) is 11.5 Å². The molecule has 0 saturated carbocycles. The van der Waals surface area contributed by atoms with Gasteiger partial charge in [-0.3, -0.25) is 0 Å². The topological polar surface area (TPSA) is 0 Å². The normalized spacial score (nSPS) is 27.6. The van der Waals surface area contributed by atoms with Crippen molar-refractivity contribution in [1.82, 2.24) is 0 Å². The maximum absolute atomic E-state index is 2.40. The molecule has 0 radical (unpaired) electrons. The van der Waals surface area contributed by atoms with Crippen molar-refractivity contribution in [3.63, 3.8) is 0 Å². The highest BCUT2D eigenvalue weighted by atomic mass is 32.3. The average molecular weight is 146 g/mol. The van der Waals surface area contributed by atoms with Crippen LogP contribution in [0.4, 0.5) is 0 Å². The number of hydrogen-bond acceptors (Lipinski definition) is 0. The van der Waals surface area contributed by atoms with Crippen molar-refractivity contribution in [3.8, 4) is 0 Å². The van der Waals surface area contributed by atoms with Gasteiger partial charge in [0.25, 0.3) is 0 Å². The van der Waals surface area contributed by atoms with Gasteiger partial charge in [-0.05, 0) is 22.0 Å².